The lowest BCUT2D eigenvalue weighted by Gasteiger charge is -2.09. The quantitative estimate of drug-likeness (QED) is 0.312. The van der Waals surface area contributed by atoms with Gasteiger partial charge in [-0.3, -0.25) is 0 Å². The summed E-state index contributed by atoms with van der Waals surface area (Å²) in [6.07, 6.45) is 1.40. The van der Waals surface area contributed by atoms with E-state index in [1.54, 1.807) is 66.7 Å². The molecular formula is C24H17N3O4. The molecule has 5 aromatic rings. The number of nitrogens with one attached hydrogen (secondary N) is 1. The molecule has 7 nitrogen and oxygen atoms in total. The zero-order chi connectivity index (χ0) is 21.4. The van der Waals surface area contributed by atoms with Crippen molar-refractivity contribution in [2.75, 3.05) is 5.32 Å². The van der Waals surface area contributed by atoms with Gasteiger partial charge in [-0.05, 0) is 54.1 Å². The fraction of sp³-hybridized carbons (Fsp3) is 0. The predicted molar refractivity (Wildman–Crippen MR) is 117 cm³/mol. The molecule has 2 aromatic heterocycles. The van der Waals surface area contributed by atoms with E-state index >= 15 is 0 Å². The Bertz CT molecular complexity index is 1380. The molecule has 4 N–H and O–H groups in total. The summed E-state index contributed by atoms with van der Waals surface area (Å²) in [4.78, 5) is 8.71. The highest BCUT2D eigenvalue weighted by Gasteiger charge is 2.22. The summed E-state index contributed by atoms with van der Waals surface area (Å²) < 4.78 is 6.13. The average Bonchev–Trinajstić information content (AvgIpc) is 3.15. The predicted octanol–water partition coefficient (Wildman–Crippen LogP) is 5.42. The van der Waals surface area contributed by atoms with Crippen LogP contribution in [0.4, 0.5) is 11.5 Å². The monoisotopic (exact) mass is 411 g/mol. The lowest BCUT2D eigenvalue weighted by atomic mass is 9.99. The van der Waals surface area contributed by atoms with Crippen LogP contribution >= 0.6 is 0 Å². The van der Waals surface area contributed by atoms with Gasteiger partial charge in [0.2, 0.25) is 5.71 Å². The van der Waals surface area contributed by atoms with Gasteiger partial charge in [-0.1, -0.05) is 18.2 Å². The first-order valence-electron chi connectivity index (χ1n) is 9.51. The third-order valence-corrected chi connectivity index (χ3v) is 4.88. The van der Waals surface area contributed by atoms with Crippen LogP contribution in [0.2, 0.25) is 0 Å². The molecule has 31 heavy (non-hydrogen) atoms. The Labute approximate surface area is 176 Å². The van der Waals surface area contributed by atoms with Crippen LogP contribution in [0.3, 0.4) is 0 Å². The van der Waals surface area contributed by atoms with Crippen LogP contribution < -0.4 is 5.32 Å². The van der Waals surface area contributed by atoms with Gasteiger partial charge in [-0.15, -0.1) is 0 Å². The molecule has 0 aliphatic heterocycles. The van der Waals surface area contributed by atoms with Crippen molar-refractivity contribution in [2.24, 2.45) is 0 Å². The molecule has 0 amide bonds. The van der Waals surface area contributed by atoms with Crippen LogP contribution in [0.1, 0.15) is 0 Å². The first-order chi connectivity index (χ1) is 15.1. The molecule has 0 spiro atoms. The van der Waals surface area contributed by atoms with Crippen LogP contribution in [-0.2, 0) is 0 Å². The summed E-state index contributed by atoms with van der Waals surface area (Å²) in [5, 5.41) is 33.1. The van der Waals surface area contributed by atoms with Crippen LogP contribution in [0.15, 0.2) is 83.5 Å². The molecule has 5 rings (SSSR count). The third-order valence-electron chi connectivity index (χ3n) is 4.88. The van der Waals surface area contributed by atoms with E-state index in [1.807, 2.05) is 6.07 Å². The fourth-order valence-electron chi connectivity index (χ4n) is 3.47. The Morgan fingerprint density at radius 3 is 2.06 bits per heavy atom. The SMILES string of the molecule is Oc1ccc(-c2oc3ncnc(Nc4cccc(O)c4)c3c2-c2ccc(O)cc2)cc1. The van der Waals surface area contributed by atoms with Crippen molar-refractivity contribution < 1.29 is 19.7 Å². The molecule has 0 radical (unpaired) electrons. The molecule has 0 bridgehead atoms. The summed E-state index contributed by atoms with van der Waals surface area (Å²) in [5.41, 5.74) is 3.33. The Kier molecular flexibility index (Phi) is 4.41. The molecule has 2 heterocycles. The van der Waals surface area contributed by atoms with E-state index in [-0.39, 0.29) is 17.2 Å². The topological polar surface area (TPSA) is 112 Å². The molecule has 0 aliphatic carbocycles. The van der Waals surface area contributed by atoms with Crippen LogP contribution in [0.25, 0.3) is 33.6 Å². The second kappa shape index (κ2) is 7.38. The molecule has 152 valence electrons. The summed E-state index contributed by atoms with van der Waals surface area (Å²) in [7, 11) is 0. The van der Waals surface area contributed by atoms with E-state index < -0.39 is 0 Å². The van der Waals surface area contributed by atoms with Gasteiger partial charge >= 0.3 is 0 Å². The van der Waals surface area contributed by atoms with Gasteiger partial charge in [0.25, 0.3) is 0 Å². The Morgan fingerprint density at radius 2 is 1.39 bits per heavy atom. The third kappa shape index (κ3) is 3.49. The van der Waals surface area contributed by atoms with E-state index in [2.05, 4.69) is 15.3 Å². The Hall–Kier alpha value is -4.52. The number of fused-ring (bicyclic) bond motifs is 1. The first kappa shape index (κ1) is 18.5. The molecule has 0 aliphatic rings. The van der Waals surface area contributed by atoms with Crippen molar-refractivity contribution in [3.05, 3.63) is 79.1 Å². The van der Waals surface area contributed by atoms with Gasteiger partial charge in [-0.25, -0.2) is 9.97 Å². The number of nitrogens with zero attached hydrogens (tertiary/aromatic N) is 2. The second-order valence-corrected chi connectivity index (χ2v) is 6.98. The van der Waals surface area contributed by atoms with E-state index in [0.29, 0.717) is 28.4 Å². The lowest BCUT2D eigenvalue weighted by molar-refractivity contribution is 0.475. The van der Waals surface area contributed by atoms with Crippen LogP contribution in [-0.4, -0.2) is 25.3 Å². The van der Waals surface area contributed by atoms with Crippen molar-refractivity contribution in [2.45, 2.75) is 0 Å². The lowest BCUT2D eigenvalue weighted by Crippen LogP contribution is -1.95. The number of aromatic nitrogens is 2. The minimum Gasteiger partial charge on any atom is -0.508 e. The maximum Gasteiger partial charge on any atom is 0.232 e. The minimum atomic E-state index is 0.131. The Morgan fingerprint density at radius 1 is 0.710 bits per heavy atom. The number of phenols is 3. The van der Waals surface area contributed by atoms with Crippen molar-refractivity contribution >= 4 is 22.6 Å². The number of hydrogen-bond donors (Lipinski definition) is 4. The molecular weight excluding hydrogens is 394 g/mol. The number of phenolic OH excluding ortho intramolecular Hbond substituents is 3. The minimum absolute atomic E-state index is 0.131. The van der Waals surface area contributed by atoms with Gasteiger partial charge in [-0.2, -0.15) is 0 Å². The zero-order valence-corrected chi connectivity index (χ0v) is 16.1. The highest BCUT2D eigenvalue weighted by molar-refractivity contribution is 6.06. The molecule has 0 fully saturated rings. The maximum absolute atomic E-state index is 9.80. The summed E-state index contributed by atoms with van der Waals surface area (Å²) in [6, 6.07) is 20.2. The smallest absolute Gasteiger partial charge is 0.232 e. The summed E-state index contributed by atoms with van der Waals surface area (Å²) >= 11 is 0. The van der Waals surface area contributed by atoms with Crippen molar-refractivity contribution in [3.8, 4) is 39.7 Å². The molecule has 7 heteroatoms. The molecule has 0 saturated carbocycles. The Balaban J connectivity index is 1.76. The van der Waals surface area contributed by atoms with Gasteiger partial charge in [0.05, 0.1) is 5.39 Å². The molecule has 0 saturated heterocycles. The average molecular weight is 411 g/mol. The molecule has 0 unspecified atom stereocenters. The first-order valence-corrected chi connectivity index (χ1v) is 9.51. The number of aromatic hydroxyl groups is 3. The number of hydrogen-bond acceptors (Lipinski definition) is 7. The van der Waals surface area contributed by atoms with Crippen molar-refractivity contribution in [1.29, 1.82) is 0 Å². The number of anilines is 2. The van der Waals surface area contributed by atoms with Gasteiger partial charge in [0.15, 0.2) is 0 Å². The number of furan rings is 1. The molecule has 0 atom stereocenters. The highest BCUT2D eigenvalue weighted by Crippen LogP contribution is 2.43. The van der Waals surface area contributed by atoms with Gasteiger partial charge < -0.3 is 25.1 Å². The van der Waals surface area contributed by atoms with Crippen LogP contribution in [0, 0.1) is 0 Å². The zero-order valence-electron chi connectivity index (χ0n) is 16.1. The van der Waals surface area contributed by atoms with Crippen molar-refractivity contribution in [1.82, 2.24) is 9.97 Å². The van der Waals surface area contributed by atoms with Crippen molar-refractivity contribution in [3.63, 3.8) is 0 Å². The highest BCUT2D eigenvalue weighted by atomic mass is 16.3. The fourth-order valence-corrected chi connectivity index (χ4v) is 3.47. The maximum atomic E-state index is 9.80. The normalized spacial score (nSPS) is 11.0. The number of rotatable bonds is 4. The largest absolute Gasteiger partial charge is 0.508 e. The number of benzene rings is 3. The second-order valence-electron chi connectivity index (χ2n) is 6.98. The van der Waals surface area contributed by atoms with E-state index in [1.165, 1.54) is 6.33 Å². The van der Waals surface area contributed by atoms with Gasteiger partial charge in [0, 0.05) is 22.9 Å². The van der Waals surface area contributed by atoms with E-state index in [9.17, 15) is 15.3 Å². The summed E-state index contributed by atoms with van der Waals surface area (Å²) in [5.74, 6) is 1.49. The van der Waals surface area contributed by atoms with Crippen LogP contribution in [0.5, 0.6) is 17.2 Å². The molecule has 3 aromatic carbocycles. The van der Waals surface area contributed by atoms with Gasteiger partial charge in [0.1, 0.15) is 35.2 Å². The van der Waals surface area contributed by atoms with E-state index in [0.717, 1.165) is 16.7 Å². The summed E-state index contributed by atoms with van der Waals surface area (Å²) in [6.45, 7) is 0. The standard InChI is InChI=1S/C24H17N3O4/c28-17-8-4-14(5-9-17)20-21-23(27-16-2-1-3-19(30)12-16)25-13-26-24(21)31-22(20)15-6-10-18(29)11-7-15/h1-13,28-30H,(H,25,26,27). The van der Waals surface area contributed by atoms with E-state index in [4.69, 9.17) is 4.42 Å².